The molecule has 110 valence electrons. The molecular weight excluding hydrogens is 302 g/mol. The predicted octanol–water partition coefficient (Wildman–Crippen LogP) is 5.32. The van der Waals surface area contributed by atoms with E-state index in [1.165, 1.54) is 6.42 Å². The second-order valence-corrected chi connectivity index (χ2v) is 6.29. The van der Waals surface area contributed by atoms with Crippen molar-refractivity contribution in [3.63, 3.8) is 0 Å². The molecule has 0 aliphatic heterocycles. The molecule has 0 aliphatic carbocycles. The van der Waals surface area contributed by atoms with Gasteiger partial charge in [-0.05, 0) is 19.1 Å². The van der Waals surface area contributed by atoms with Crippen LogP contribution in [0.3, 0.4) is 0 Å². The molecule has 2 aromatic heterocycles. The highest BCUT2D eigenvalue weighted by atomic mass is 35.5. The van der Waals surface area contributed by atoms with E-state index >= 15 is 0 Å². The van der Waals surface area contributed by atoms with Crippen molar-refractivity contribution < 1.29 is 0 Å². The number of nitrogens with two attached hydrogens (primary N) is 1. The highest BCUT2D eigenvalue weighted by molar-refractivity contribution is 7.19. The van der Waals surface area contributed by atoms with Crippen molar-refractivity contribution in [2.24, 2.45) is 0 Å². The molecule has 5 heteroatoms. The third kappa shape index (κ3) is 3.52. The molecule has 3 rings (SSSR count). The Bertz CT molecular complexity index is 752. The van der Waals surface area contributed by atoms with Crippen LogP contribution in [0.1, 0.15) is 25.3 Å². The van der Waals surface area contributed by atoms with Gasteiger partial charge in [-0.1, -0.05) is 44.0 Å². The lowest BCUT2D eigenvalue weighted by Crippen LogP contribution is -1.91. The van der Waals surface area contributed by atoms with Crippen LogP contribution < -0.4 is 5.73 Å². The zero-order valence-corrected chi connectivity index (χ0v) is 13.9. The molecule has 1 aromatic carbocycles. The maximum atomic E-state index is 6.20. The van der Waals surface area contributed by atoms with Crippen molar-refractivity contribution >= 4 is 39.0 Å². The van der Waals surface area contributed by atoms with E-state index in [4.69, 9.17) is 17.3 Å². The first kappa shape index (κ1) is 15.7. The van der Waals surface area contributed by atoms with Crippen LogP contribution >= 0.6 is 22.9 Å². The van der Waals surface area contributed by atoms with Crippen LogP contribution in [-0.4, -0.2) is 9.97 Å². The van der Waals surface area contributed by atoms with Crippen LogP contribution in [0, 0.1) is 6.92 Å². The van der Waals surface area contributed by atoms with E-state index in [1.807, 2.05) is 25.1 Å². The van der Waals surface area contributed by atoms with E-state index in [1.54, 1.807) is 23.6 Å². The summed E-state index contributed by atoms with van der Waals surface area (Å²) in [6.07, 6.45) is 2.83. The van der Waals surface area contributed by atoms with Crippen LogP contribution in [0.25, 0.3) is 21.3 Å². The second-order valence-electron chi connectivity index (χ2n) is 4.68. The highest BCUT2D eigenvalue weighted by Crippen LogP contribution is 2.36. The van der Waals surface area contributed by atoms with Crippen LogP contribution in [0.5, 0.6) is 0 Å². The van der Waals surface area contributed by atoms with Crippen molar-refractivity contribution in [2.75, 3.05) is 5.73 Å². The number of nitrogen functional groups attached to an aromatic ring is 1. The average Bonchev–Trinajstić information content (AvgIpc) is 2.82. The van der Waals surface area contributed by atoms with Crippen molar-refractivity contribution in [2.45, 2.75) is 27.2 Å². The van der Waals surface area contributed by atoms with Crippen LogP contribution in [0.15, 0.2) is 30.5 Å². The maximum absolute atomic E-state index is 6.20. The normalized spacial score (nSPS) is 10.3. The van der Waals surface area contributed by atoms with Crippen molar-refractivity contribution in [3.05, 3.63) is 40.5 Å². The number of halogens is 1. The van der Waals surface area contributed by atoms with Crippen LogP contribution in [0.4, 0.5) is 5.82 Å². The molecule has 0 fully saturated rings. The Balaban J connectivity index is 0.000000497. The number of hydrogen-bond acceptors (Lipinski definition) is 4. The van der Waals surface area contributed by atoms with Gasteiger partial charge in [-0.3, -0.25) is 0 Å². The van der Waals surface area contributed by atoms with Gasteiger partial charge < -0.3 is 5.73 Å². The number of hydrogen-bond donors (Lipinski definition) is 1. The van der Waals surface area contributed by atoms with Crippen molar-refractivity contribution in [1.29, 1.82) is 0 Å². The maximum Gasteiger partial charge on any atom is 0.124 e. The molecule has 2 N–H and O–H groups in total. The number of rotatable bonds is 1. The third-order valence-electron chi connectivity index (χ3n) is 2.69. The number of thiazole rings is 1. The molecule has 0 unspecified atom stereocenters. The van der Waals surface area contributed by atoms with Gasteiger partial charge in [0.2, 0.25) is 0 Å². The molecule has 0 amide bonds. The first-order valence-corrected chi connectivity index (χ1v) is 8.03. The largest absolute Gasteiger partial charge is 0.384 e. The molecule has 3 nitrogen and oxygen atoms in total. The minimum atomic E-state index is 0.465. The monoisotopic (exact) mass is 319 g/mol. The van der Waals surface area contributed by atoms with Gasteiger partial charge in [-0.15, -0.1) is 11.3 Å². The fourth-order valence-corrected chi connectivity index (χ4v) is 3.08. The van der Waals surface area contributed by atoms with E-state index in [0.717, 1.165) is 26.4 Å². The number of anilines is 1. The van der Waals surface area contributed by atoms with Gasteiger partial charge >= 0.3 is 0 Å². The van der Waals surface area contributed by atoms with E-state index in [0.29, 0.717) is 10.8 Å². The number of nitrogens with zero attached hydrogens (tertiary/aromatic N) is 2. The molecule has 3 aromatic rings. The van der Waals surface area contributed by atoms with E-state index in [-0.39, 0.29) is 0 Å². The fourth-order valence-electron chi connectivity index (χ4n) is 1.93. The summed E-state index contributed by atoms with van der Waals surface area (Å²) in [4.78, 5) is 8.46. The van der Waals surface area contributed by atoms with Crippen molar-refractivity contribution in [3.8, 4) is 11.1 Å². The van der Waals surface area contributed by atoms with E-state index in [9.17, 15) is 0 Å². The average molecular weight is 320 g/mol. The lowest BCUT2D eigenvalue weighted by atomic mass is 10.1. The summed E-state index contributed by atoms with van der Waals surface area (Å²) in [5.74, 6) is 0.465. The molecular formula is C16H18ClN3S. The summed E-state index contributed by atoms with van der Waals surface area (Å²) in [5.41, 5.74) is 8.67. The van der Waals surface area contributed by atoms with E-state index < -0.39 is 0 Å². The summed E-state index contributed by atoms with van der Waals surface area (Å²) < 4.78 is 1.13. The quantitative estimate of drug-likeness (QED) is 0.660. The summed E-state index contributed by atoms with van der Waals surface area (Å²) in [7, 11) is 0. The summed E-state index contributed by atoms with van der Waals surface area (Å²) in [5, 5.41) is 1.64. The first-order valence-electron chi connectivity index (χ1n) is 6.84. The predicted molar refractivity (Wildman–Crippen MR) is 93.0 cm³/mol. The number of aryl methyl sites for hydroxylation is 1. The van der Waals surface area contributed by atoms with Gasteiger partial charge in [0.15, 0.2) is 0 Å². The first-order chi connectivity index (χ1) is 10.1. The topological polar surface area (TPSA) is 51.8 Å². The van der Waals surface area contributed by atoms with Gasteiger partial charge in [-0.2, -0.15) is 0 Å². The van der Waals surface area contributed by atoms with E-state index in [2.05, 4.69) is 23.8 Å². The SMILES string of the molecule is CCC.Cc1nc2cccc(-c3cc(N)ncc3Cl)c2s1. The van der Waals surface area contributed by atoms with Gasteiger partial charge in [0, 0.05) is 17.3 Å². The number of pyridine rings is 1. The molecule has 0 bridgehead atoms. The summed E-state index contributed by atoms with van der Waals surface area (Å²) >= 11 is 7.86. The standard InChI is InChI=1S/C13H10ClN3S.C3H8/c1-7-17-11-4-2-3-8(13(11)18-7)9-5-12(15)16-6-10(9)14;1-3-2/h2-6H,1H3,(H2,15,16);3H2,1-2H3. The lowest BCUT2D eigenvalue weighted by molar-refractivity contribution is 1.09. The fraction of sp³-hybridized carbons (Fsp3) is 0.250. The number of benzene rings is 1. The Morgan fingerprint density at radius 3 is 2.67 bits per heavy atom. The molecule has 0 saturated heterocycles. The Morgan fingerprint density at radius 2 is 1.95 bits per heavy atom. The number of aromatic nitrogens is 2. The van der Waals surface area contributed by atoms with Gasteiger partial charge in [0.05, 0.1) is 20.2 Å². The second kappa shape index (κ2) is 6.87. The Labute approximate surface area is 133 Å². The summed E-state index contributed by atoms with van der Waals surface area (Å²) in [6.45, 7) is 6.25. The van der Waals surface area contributed by atoms with Crippen LogP contribution in [0.2, 0.25) is 5.02 Å². The minimum Gasteiger partial charge on any atom is -0.384 e. The molecule has 0 radical (unpaired) electrons. The Hall–Kier alpha value is -1.65. The summed E-state index contributed by atoms with van der Waals surface area (Å²) in [6, 6.07) is 7.80. The highest BCUT2D eigenvalue weighted by Gasteiger charge is 2.11. The minimum absolute atomic E-state index is 0.465. The lowest BCUT2D eigenvalue weighted by Gasteiger charge is -2.06. The van der Waals surface area contributed by atoms with Crippen molar-refractivity contribution in [1.82, 2.24) is 9.97 Å². The molecule has 0 spiro atoms. The Morgan fingerprint density at radius 1 is 1.24 bits per heavy atom. The van der Waals surface area contributed by atoms with Crippen LogP contribution in [-0.2, 0) is 0 Å². The smallest absolute Gasteiger partial charge is 0.124 e. The zero-order valence-electron chi connectivity index (χ0n) is 12.4. The van der Waals surface area contributed by atoms with Gasteiger partial charge in [0.1, 0.15) is 5.82 Å². The third-order valence-corrected chi connectivity index (χ3v) is 4.01. The molecule has 2 heterocycles. The molecule has 0 atom stereocenters. The number of fused-ring (bicyclic) bond motifs is 1. The van der Waals surface area contributed by atoms with Gasteiger partial charge in [0.25, 0.3) is 0 Å². The zero-order chi connectivity index (χ0) is 15.4. The Kier molecular flexibility index (Phi) is 5.15. The molecule has 0 saturated carbocycles. The molecule has 21 heavy (non-hydrogen) atoms. The molecule has 0 aliphatic rings. The van der Waals surface area contributed by atoms with Gasteiger partial charge in [-0.25, -0.2) is 9.97 Å².